The van der Waals surface area contributed by atoms with Gasteiger partial charge in [-0.15, -0.1) is 0 Å². The van der Waals surface area contributed by atoms with Crippen molar-refractivity contribution in [1.82, 2.24) is 19.4 Å². The number of ether oxygens (including phenoxy) is 2. The lowest BCUT2D eigenvalue weighted by Crippen LogP contribution is -2.27. The molecule has 0 atom stereocenters. The first-order chi connectivity index (χ1) is 16.5. The largest absolute Gasteiger partial charge is 0.481 e. The minimum atomic E-state index is -0.374. The van der Waals surface area contributed by atoms with Gasteiger partial charge in [-0.1, -0.05) is 11.6 Å². The third kappa shape index (κ3) is 3.82. The maximum absolute atomic E-state index is 16.4. The van der Waals surface area contributed by atoms with Gasteiger partial charge >= 0.3 is 0 Å². The molecule has 1 aliphatic heterocycles. The number of hydrogen-bond acceptors (Lipinski definition) is 5. The van der Waals surface area contributed by atoms with Crippen LogP contribution in [0.2, 0.25) is 0 Å². The average molecular weight is 459 g/mol. The summed E-state index contributed by atoms with van der Waals surface area (Å²) >= 11 is 0. The number of nitrogens with zero attached hydrogens (tertiary/aromatic N) is 4. The number of rotatable bonds is 5. The fourth-order valence-electron chi connectivity index (χ4n) is 4.63. The molecule has 1 aliphatic rings. The number of fused-ring (bicyclic) bond motifs is 3. The van der Waals surface area contributed by atoms with Crippen molar-refractivity contribution in [2.75, 3.05) is 27.8 Å². The van der Waals surface area contributed by atoms with Crippen LogP contribution < -0.4 is 9.47 Å². The first-order valence-electron chi connectivity index (χ1n) is 11.2. The highest BCUT2D eigenvalue weighted by Crippen LogP contribution is 2.39. The van der Waals surface area contributed by atoms with Crippen LogP contribution in [-0.2, 0) is 13.0 Å². The van der Waals surface area contributed by atoms with Crippen LogP contribution in [0.25, 0.3) is 22.4 Å². The van der Waals surface area contributed by atoms with Gasteiger partial charge in [-0.25, -0.2) is 14.4 Å². The van der Waals surface area contributed by atoms with E-state index >= 15 is 4.39 Å². The Morgan fingerprint density at radius 2 is 1.62 bits per heavy atom. The standard InChI is InChI=1S/C27H27FN4O2/c1-17-5-8-22-20(13-17)21-16-31(2)12-11-23(21)32(22)27(19-7-10-25(34-4)30-15-19)26(28)18-6-9-24(33-3)29-14-18/h5-10,13-15H,11-12,16H2,1-4H3. The summed E-state index contributed by atoms with van der Waals surface area (Å²) < 4.78 is 28.9. The van der Waals surface area contributed by atoms with Crippen molar-refractivity contribution >= 4 is 22.4 Å². The normalized spacial score (nSPS) is 14.6. The average Bonchev–Trinajstić information content (AvgIpc) is 3.17. The van der Waals surface area contributed by atoms with Crippen LogP contribution in [0.1, 0.15) is 27.9 Å². The Hall–Kier alpha value is -3.71. The molecule has 0 radical (unpaired) electrons. The first kappa shape index (κ1) is 22.1. The molecule has 0 amide bonds. The summed E-state index contributed by atoms with van der Waals surface area (Å²) in [6.07, 6.45) is 3.98. The summed E-state index contributed by atoms with van der Waals surface area (Å²) in [6, 6.07) is 13.3. The van der Waals surface area contributed by atoms with Gasteiger partial charge in [-0.3, -0.25) is 0 Å². The maximum atomic E-state index is 16.4. The third-order valence-corrected chi connectivity index (χ3v) is 6.34. The number of halogens is 1. The zero-order valence-electron chi connectivity index (χ0n) is 19.8. The molecule has 7 heteroatoms. The number of aromatic nitrogens is 3. The summed E-state index contributed by atoms with van der Waals surface area (Å²) in [7, 11) is 5.23. The Labute approximate surface area is 198 Å². The van der Waals surface area contributed by atoms with Gasteiger partial charge in [-0.05, 0) is 43.8 Å². The van der Waals surface area contributed by atoms with E-state index < -0.39 is 0 Å². The smallest absolute Gasteiger partial charge is 0.212 e. The van der Waals surface area contributed by atoms with Crippen LogP contribution in [0, 0.1) is 6.92 Å². The second-order valence-electron chi connectivity index (χ2n) is 8.61. The van der Waals surface area contributed by atoms with Crippen LogP contribution in [0.3, 0.4) is 0 Å². The summed E-state index contributed by atoms with van der Waals surface area (Å²) in [5, 5.41) is 1.15. The number of benzene rings is 1. The first-order valence-corrected chi connectivity index (χ1v) is 11.2. The Morgan fingerprint density at radius 1 is 0.941 bits per heavy atom. The Morgan fingerprint density at radius 3 is 2.24 bits per heavy atom. The summed E-state index contributed by atoms with van der Waals surface area (Å²) in [6.45, 7) is 3.81. The summed E-state index contributed by atoms with van der Waals surface area (Å²) in [5.41, 5.74) is 6.01. The van der Waals surface area contributed by atoms with Gasteiger partial charge in [0.2, 0.25) is 11.8 Å². The van der Waals surface area contributed by atoms with E-state index in [9.17, 15) is 0 Å². The highest BCUT2D eigenvalue weighted by atomic mass is 19.1. The van der Waals surface area contributed by atoms with Gasteiger partial charge in [0.25, 0.3) is 0 Å². The fraction of sp³-hybridized carbons (Fsp3) is 0.259. The Bertz CT molecular complexity index is 1370. The van der Waals surface area contributed by atoms with Crippen molar-refractivity contribution in [3.63, 3.8) is 0 Å². The fourth-order valence-corrected chi connectivity index (χ4v) is 4.63. The van der Waals surface area contributed by atoms with Crippen LogP contribution in [0.5, 0.6) is 11.8 Å². The van der Waals surface area contributed by atoms with E-state index in [-0.39, 0.29) is 5.83 Å². The molecule has 4 aromatic rings. The highest BCUT2D eigenvalue weighted by molar-refractivity contribution is 5.96. The van der Waals surface area contributed by atoms with E-state index in [4.69, 9.17) is 9.47 Å². The minimum absolute atomic E-state index is 0.374. The number of pyridine rings is 2. The molecule has 0 bridgehead atoms. The van der Waals surface area contributed by atoms with Crippen molar-refractivity contribution in [3.8, 4) is 11.8 Å². The number of hydrogen-bond donors (Lipinski definition) is 0. The molecule has 0 fully saturated rings. The zero-order valence-corrected chi connectivity index (χ0v) is 19.8. The quantitative estimate of drug-likeness (QED) is 0.417. The third-order valence-electron chi connectivity index (χ3n) is 6.34. The maximum Gasteiger partial charge on any atom is 0.212 e. The van der Waals surface area contributed by atoms with Crippen LogP contribution in [0.4, 0.5) is 4.39 Å². The van der Waals surface area contributed by atoms with Crippen LogP contribution in [0.15, 0.2) is 54.9 Å². The lowest BCUT2D eigenvalue weighted by molar-refractivity contribution is 0.311. The molecule has 34 heavy (non-hydrogen) atoms. The van der Waals surface area contributed by atoms with E-state index in [0.717, 1.165) is 36.1 Å². The molecular weight excluding hydrogens is 431 g/mol. The molecule has 0 spiro atoms. The molecule has 6 nitrogen and oxygen atoms in total. The van der Waals surface area contributed by atoms with Gasteiger partial charge in [0.15, 0.2) is 5.83 Å². The van der Waals surface area contributed by atoms with E-state index in [1.165, 1.54) is 17.3 Å². The van der Waals surface area contributed by atoms with Crippen LogP contribution in [-0.4, -0.2) is 47.2 Å². The highest BCUT2D eigenvalue weighted by Gasteiger charge is 2.27. The summed E-state index contributed by atoms with van der Waals surface area (Å²) in [4.78, 5) is 10.9. The predicted octanol–water partition coefficient (Wildman–Crippen LogP) is 5.09. The molecule has 0 saturated carbocycles. The van der Waals surface area contributed by atoms with Gasteiger partial charge in [0.1, 0.15) is 0 Å². The van der Waals surface area contributed by atoms with E-state index in [0.29, 0.717) is 28.6 Å². The molecule has 5 rings (SSSR count). The zero-order chi connectivity index (χ0) is 23.8. The Balaban J connectivity index is 1.82. The van der Waals surface area contributed by atoms with Crippen molar-refractivity contribution in [1.29, 1.82) is 0 Å². The lowest BCUT2D eigenvalue weighted by Gasteiger charge is -2.25. The van der Waals surface area contributed by atoms with Crippen molar-refractivity contribution in [2.45, 2.75) is 19.9 Å². The molecule has 1 aromatic carbocycles. The second-order valence-corrected chi connectivity index (χ2v) is 8.61. The Kier molecular flexibility index (Phi) is 5.79. The number of likely N-dealkylation sites (N-methyl/N-ethyl adjacent to an activating group) is 1. The van der Waals surface area contributed by atoms with E-state index in [2.05, 4.69) is 51.6 Å². The molecule has 0 saturated heterocycles. The van der Waals surface area contributed by atoms with Gasteiger partial charge in [0.05, 0.1) is 25.4 Å². The molecule has 174 valence electrons. The van der Waals surface area contributed by atoms with Gasteiger partial charge in [-0.2, -0.15) is 0 Å². The molecule has 0 unspecified atom stereocenters. The van der Waals surface area contributed by atoms with Crippen molar-refractivity contribution < 1.29 is 13.9 Å². The molecule has 4 heterocycles. The van der Waals surface area contributed by atoms with E-state index in [1.54, 1.807) is 38.6 Å². The lowest BCUT2D eigenvalue weighted by atomic mass is 10.0. The molecule has 0 aliphatic carbocycles. The molecular formula is C27H27FN4O2. The van der Waals surface area contributed by atoms with Gasteiger partial charge < -0.3 is 18.9 Å². The SMILES string of the molecule is COc1ccc(C(F)=C(c2ccc(OC)nc2)n2c3c(c4cc(C)ccc42)CN(C)CC3)cn1. The predicted molar refractivity (Wildman–Crippen MR) is 132 cm³/mol. The second kappa shape index (κ2) is 8.91. The van der Waals surface area contributed by atoms with E-state index in [1.807, 2.05) is 6.07 Å². The topological polar surface area (TPSA) is 52.4 Å². The monoisotopic (exact) mass is 458 g/mol. The molecule has 0 N–H and O–H groups in total. The van der Waals surface area contributed by atoms with Crippen LogP contribution >= 0.6 is 0 Å². The number of aryl methyl sites for hydroxylation is 1. The van der Waals surface area contributed by atoms with Crippen molar-refractivity contribution in [3.05, 3.63) is 82.8 Å². The summed E-state index contributed by atoms with van der Waals surface area (Å²) in [5.74, 6) is 0.541. The van der Waals surface area contributed by atoms with Crippen molar-refractivity contribution in [2.24, 2.45) is 0 Å². The number of methoxy groups -OCH3 is 2. The molecule has 3 aromatic heterocycles. The minimum Gasteiger partial charge on any atom is -0.481 e. The van der Waals surface area contributed by atoms with Gasteiger partial charge in [0, 0.05) is 66.2 Å².